The van der Waals surface area contributed by atoms with Crippen molar-refractivity contribution in [2.24, 2.45) is 0 Å². The number of benzene rings is 1. The molecule has 1 atom stereocenters. The van der Waals surface area contributed by atoms with Crippen LogP contribution in [0.4, 0.5) is 0 Å². The Hall–Kier alpha value is -2.42. The first kappa shape index (κ1) is 23.9. The Bertz CT molecular complexity index is 833. The second-order valence-corrected chi connectivity index (χ2v) is 9.56. The van der Waals surface area contributed by atoms with Crippen molar-refractivity contribution < 1.29 is 32.3 Å². The Kier molecular flexibility index (Phi) is 9.29. The van der Waals surface area contributed by atoms with Gasteiger partial charge >= 0.3 is 5.97 Å². The quantitative estimate of drug-likeness (QED) is 0.301. The molecule has 0 aliphatic carbocycles. The predicted molar refractivity (Wildman–Crippen MR) is 111 cm³/mol. The van der Waals surface area contributed by atoms with E-state index in [0.29, 0.717) is 24.3 Å². The number of amides is 1. The standard InChI is InChI=1S/C21H29NO7S/c1-2-3-4-12-28-18-7-5-16(6-8-18)19(23)9-10-21(25)29-14-20(24)22-17-11-13-30(26,27)15-17/h5-8,17H,2-4,9-15H2,1H3,(H,22,24). The molecule has 1 unspecified atom stereocenters. The zero-order valence-corrected chi connectivity index (χ0v) is 18.0. The molecule has 166 valence electrons. The molecule has 1 N–H and O–H groups in total. The number of rotatable bonds is 12. The summed E-state index contributed by atoms with van der Waals surface area (Å²) in [4.78, 5) is 35.7. The van der Waals surface area contributed by atoms with Crippen LogP contribution in [0.2, 0.25) is 0 Å². The summed E-state index contributed by atoms with van der Waals surface area (Å²) in [6.45, 7) is 2.26. The van der Waals surface area contributed by atoms with E-state index in [0.717, 1.165) is 19.3 Å². The lowest BCUT2D eigenvalue weighted by Crippen LogP contribution is -2.38. The molecule has 2 rings (SSSR count). The highest BCUT2D eigenvalue weighted by Crippen LogP contribution is 2.15. The van der Waals surface area contributed by atoms with Crippen molar-refractivity contribution in [1.29, 1.82) is 0 Å². The van der Waals surface area contributed by atoms with Gasteiger partial charge in [-0.25, -0.2) is 8.42 Å². The molecular weight excluding hydrogens is 410 g/mol. The Labute approximate surface area is 177 Å². The summed E-state index contributed by atoms with van der Waals surface area (Å²) in [6, 6.07) is 6.33. The van der Waals surface area contributed by atoms with Crippen LogP contribution in [0.15, 0.2) is 24.3 Å². The van der Waals surface area contributed by atoms with E-state index in [1.54, 1.807) is 24.3 Å². The third kappa shape index (κ3) is 8.52. The topological polar surface area (TPSA) is 116 Å². The lowest BCUT2D eigenvalue weighted by atomic mass is 10.1. The fraction of sp³-hybridized carbons (Fsp3) is 0.571. The Morgan fingerprint density at radius 1 is 1.10 bits per heavy atom. The number of carbonyl (C=O) groups excluding carboxylic acids is 3. The minimum Gasteiger partial charge on any atom is -0.494 e. The minimum atomic E-state index is -3.09. The van der Waals surface area contributed by atoms with Crippen molar-refractivity contribution >= 4 is 27.5 Å². The van der Waals surface area contributed by atoms with Gasteiger partial charge in [0.2, 0.25) is 0 Å². The van der Waals surface area contributed by atoms with Gasteiger partial charge in [-0.1, -0.05) is 19.8 Å². The van der Waals surface area contributed by atoms with Gasteiger partial charge in [0, 0.05) is 18.0 Å². The van der Waals surface area contributed by atoms with Crippen molar-refractivity contribution in [3.05, 3.63) is 29.8 Å². The maximum atomic E-state index is 12.2. The number of hydrogen-bond acceptors (Lipinski definition) is 7. The largest absolute Gasteiger partial charge is 0.494 e. The lowest BCUT2D eigenvalue weighted by molar-refractivity contribution is -0.148. The molecule has 1 aliphatic heterocycles. The van der Waals surface area contributed by atoms with E-state index in [9.17, 15) is 22.8 Å². The minimum absolute atomic E-state index is 0.0297. The van der Waals surface area contributed by atoms with E-state index in [1.807, 2.05) is 0 Å². The third-order valence-corrected chi connectivity index (χ3v) is 6.48. The zero-order chi connectivity index (χ0) is 22.0. The van der Waals surface area contributed by atoms with Gasteiger partial charge in [0.15, 0.2) is 22.2 Å². The maximum Gasteiger partial charge on any atom is 0.306 e. The van der Waals surface area contributed by atoms with Crippen LogP contribution in [0, 0.1) is 0 Å². The van der Waals surface area contributed by atoms with E-state index in [-0.39, 0.29) is 30.1 Å². The average molecular weight is 440 g/mol. The SMILES string of the molecule is CCCCCOc1ccc(C(=O)CCC(=O)OCC(=O)NC2CCS(=O)(=O)C2)cc1. The molecule has 1 fully saturated rings. The van der Waals surface area contributed by atoms with Crippen molar-refractivity contribution in [3.8, 4) is 5.75 Å². The molecule has 0 radical (unpaired) electrons. The first-order valence-corrected chi connectivity index (χ1v) is 12.0. The van der Waals surface area contributed by atoms with Crippen LogP contribution < -0.4 is 10.1 Å². The van der Waals surface area contributed by atoms with Crippen LogP contribution in [0.5, 0.6) is 5.75 Å². The number of sulfone groups is 1. The molecule has 0 aromatic heterocycles. The first-order valence-electron chi connectivity index (χ1n) is 10.2. The van der Waals surface area contributed by atoms with Crippen LogP contribution in [-0.2, 0) is 24.2 Å². The summed E-state index contributed by atoms with van der Waals surface area (Å²) in [6.07, 6.45) is 3.40. The van der Waals surface area contributed by atoms with Gasteiger partial charge in [0.1, 0.15) is 5.75 Å². The number of Topliss-reactive ketones (excluding diaryl/α,β-unsaturated/α-hetero) is 1. The molecule has 8 nitrogen and oxygen atoms in total. The van der Waals surface area contributed by atoms with Crippen molar-refractivity contribution in [2.75, 3.05) is 24.7 Å². The van der Waals surface area contributed by atoms with Gasteiger partial charge in [-0.05, 0) is 37.1 Å². The molecule has 9 heteroatoms. The number of unbranched alkanes of at least 4 members (excludes halogenated alkanes) is 2. The summed E-state index contributed by atoms with van der Waals surface area (Å²) in [5.41, 5.74) is 0.476. The second-order valence-electron chi connectivity index (χ2n) is 7.33. The highest BCUT2D eigenvalue weighted by Gasteiger charge is 2.29. The van der Waals surface area contributed by atoms with E-state index in [1.165, 1.54) is 0 Å². The van der Waals surface area contributed by atoms with Crippen LogP contribution in [0.3, 0.4) is 0 Å². The van der Waals surface area contributed by atoms with Gasteiger partial charge in [-0.2, -0.15) is 0 Å². The Balaban J connectivity index is 1.65. The molecule has 1 aromatic rings. The molecule has 0 saturated carbocycles. The van der Waals surface area contributed by atoms with E-state index >= 15 is 0 Å². The summed E-state index contributed by atoms with van der Waals surface area (Å²) < 4.78 is 33.2. The molecule has 1 aromatic carbocycles. The lowest BCUT2D eigenvalue weighted by Gasteiger charge is -2.11. The molecule has 30 heavy (non-hydrogen) atoms. The summed E-state index contributed by atoms with van der Waals surface area (Å²) >= 11 is 0. The number of esters is 1. The Morgan fingerprint density at radius 3 is 2.47 bits per heavy atom. The smallest absolute Gasteiger partial charge is 0.306 e. The maximum absolute atomic E-state index is 12.2. The van der Waals surface area contributed by atoms with Gasteiger partial charge in [-0.15, -0.1) is 0 Å². The number of ketones is 1. The normalized spacial score (nSPS) is 17.3. The molecular formula is C21H29NO7S. The fourth-order valence-electron chi connectivity index (χ4n) is 3.04. The number of carbonyl (C=O) groups is 3. The first-order chi connectivity index (χ1) is 14.3. The summed E-state index contributed by atoms with van der Waals surface area (Å²) in [5, 5.41) is 2.53. The van der Waals surface area contributed by atoms with E-state index < -0.39 is 34.4 Å². The molecule has 0 bridgehead atoms. The van der Waals surface area contributed by atoms with Crippen LogP contribution in [-0.4, -0.2) is 56.8 Å². The fourth-order valence-corrected chi connectivity index (χ4v) is 4.71. The average Bonchev–Trinajstić information content (AvgIpc) is 3.06. The van der Waals surface area contributed by atoms with Gasteiger partial charge in [-0.3, -0.25) is 14.4 Å². The third-order valence-electron chi connectivity index (χ3n) is 4.71. The molecule has 1 heterocycles. The molecule has 0 spiro atoms. The molecule has 1 saturated heterocycles. The van der Waals surface area contributed by atoms with Gasteiger partial charge < -0.3 is 14.8 Å². The molecule has 1 amide bonds. The molecule has 1 aliphatic rings. The Morgan fingerprint density at radius 2 is 1.83 bits per heavy atom. The second kappa shape index (κ2) is 11.7. The van der Waals surface area contributed by atoms with Crippen molar-refractivity contribution in [2.45, 2.75) is 51.5 Å². The van der Waals surface area contributed by atoms with Gasteiger partial charge in [0.25, 0.3) is 5.91 Å². The predicted octanol–water partition coefficient (Wildman–Crippen LogP) is 2.06. The van der Waals surface area contributed by atoms with E-state index in [2.05, 4.69) is 12.2 Å². The van der Waals surface area contributed by atoms with Crippen LogP contribution in [0.1, 0.15) is 55.8 Å². The highest BCUT2D eigenvalue weighted by molar-refractivity contribution is 7.91. The number of ether oxygens (including phenoxy) is 2. The summed E-state index contributed by atoms with van der Waals surface area (Å²) in [5.74, 6) is -0.761. The number of hydrogen-bond donors (Lipinski definition) is 1. The number of nitrogens with one attached hydrogen (secondary N) is 1. The zero-order valence-electron chi connectivity index (χ0n) is 17.2. The van der Waals surface area contributed by atoms with Crippen LogP contribution >= 0.6 is 0 Å². The monoisotopic (exact) mass is 439 g/mol. The van der Waals surface area contributed by atoms with Crippen molar-refractivity contribution in [3.63, 3.8) is 0 Å². The van der Waals surface area contributed by atoms with Crippen LogP contribution in [0.25, 0.3) is 0 Å². The highest BCUT2D eigenvalue weighted by atomic mass is 32.2. The van der Waals surface area contributed by atoms with Gasteiger partial charge in [0.05, 0.1) is 24.5 Å². The van der Waals surface area contributed by atoms with E-state index in [4.69, 9.17) is 9.47 Å². The summed E-state index contributed by atoms with van der Waals surface area (Å²) in [7, 11) is -3.09. The van der Waals surface area contributed by atoms with Crippen molar-refractivity contribution in [1.82, 2.24) is 5.32 Å².